The van der Waals surface area contributed by atoms with Gasteiger partial charge in [-0.3, -0.25) is 14.4 Å². The van der Waals surface area contributed by atoms with Crippen LogP contribution in [-0.4, -0.2) is 101 Å². The topological polar surface area (TPSA) is 112 Å². The van der Waals surface area contributed by atoms with Crippen LogP contribution in [0, 0.1) is 11.8 Å². The van der Waals surface area contributed by atoms with Gasteiger partial charge in [0.25, 0.3) is 0 Å². The van der Waals surface area contributed by atoms with E-state index < -0.39 is 0 Å². The van der Waals surface area contributed by atoms with Crippen molar-refractivity contribution in [2.24, 2.45) is 11.8 Å². The van der Waals surface area contributed by atoms with Gasteiger partial charge >= 0.3 is 11.9 Å². The Hall–Kier alpha value is -2.72. The molecular formula is C50H104N2O8. The molecule has 0 aliphatic carbocycles. The summed E-state index contributed by atoms with van der Waals surface area (Å²) in [7, 11) is 6.87. The van der Waals surface area contributed by atoms with Crippen LogP contribution in [0.4, 0.5) is 0 Å². The summed E-state index contributed by atoms with van der Waals surface area (Å²) in [4.78, 5) is 48.3. The summed E-state index contributed by atoms with van der Waals surface area (Å²) < 4.78 is 21.1. The van der Waals surface area contributed by atoms with E-state index >= 15 is 0 Å². The maximum Gasteiger partial charge on any atom is 0.330 e. The van der Waals surface area contributed by atoms with Gasteiger partial charge in [-0.2, -0.15) is 0 Å². The van der Waals surface area contributed by atoms with Crippen LogP contribution >= 0.6 is 0 Å². The summed E-state index contributed by atoms with van der Waals surface area (Å²) >= 11 is 0. The fraction of sp³-hybridized carbons (Fsp3) is 0.840. The molecule has 0 aliphatic heterocycles. The second-order valence-corrected chi connectivity index (χ2v) is 15.0. The molecule has 60 heavy (non-hydrogen) atoms. The average molecular weight is 861 g/mol. The maximum absolute atomic E-state index is 12.1. The first-order valence-electron chi connectivity index (χ1n) is 22.1. The molecular weight excluding hydrogens is 757 g/mol. The Balaban J connectivity index is -0.000000158. The predicted molar refractivity (Wildman–Crippen MR) is 260 cm³/mol. The SMILES string of the molecule is C.C.C.C.C=CC(=O)N(C)C.C=CC(=O)OCCOCCCCCCCCCCCC.CCCCCCCCCCCCOCCOC(=O)C(C)CC(CC)C(=O)N(C)C. The Labute approximate surface area is 374 Å². The number of ether oxygens (including phenoxy) is 4. The van der Waals surface area contributed by atoms with Crippen molar-refractivity contribution in [3.63, 3.8) is 0 Å². The van der Waals surface area contributed by atoms with Crippen LogP contribution in [0.2, 0.25) is 0 Å². The molecule has 0 aromatic carbocycles. The maximum atomic E-state index is 12.1. The Kier molecular flexibility index (Phi) is 67.3. The molecule has 2 unspecified atom stereocenters. The summed E-state index contributed by atoms with van der Waals surface area (Å²) in [5, 5.41) is 0. The zero-order valence-corrected chi connectivity index (χ0v) is 37.7. The predicted octanol–water partition coefficient (Wildman–Crippen LogP) is 13.1. The third kappa shape index (κ3) is 53.3. The second-order valence-electron chi connectivity index (χ2n) is 15.0. The Bertz CT molecular complexity index is 941. The van der Waals surface area contributed by atoms with E-state index in [1.54, 1.807) is 33.1 Å². The van der Waals surface area contributed by atoms with Crippen molar-refractivity contribution >= 4 is 23.8 Å². The molecule has 0 N–H and O–H groups in total. The number of hydrogen-bond donors (Lipinski definition) is 0. The van der Waals surface area contributed by atoms with E-state index in [9.17, 15) is 19.2 Å². The molecule has 0 spiro atoms. The highest BCUT2D eigenvalue weighted by Gasteiger charge is 2.25. The van der Waals surface area contributed by atoms with Gasteiger partial charge in [-0.15, -0.1) is 0 Å². The number of likely N-dealkylation sites (N-methyl/N-ethyl adjacent to an activating group) is 1. The molecule has 0 saturated carbocycles. The van der Waals surface area contributed by atoms with Crippen molar-refractivity contribution in [3.05, 3.63) is 25.3 Å². The van der Waals surface area contributed by atoms with E-state index in [0.717, 1.165) is 32.5 Å². The fourth-order valence-electron chi connectivity index (χ4n) is 5.70. The number of hydrogen-bond acceptors (Lipinski definition) is 8. The molecule has 0 saturated heterocycles. The monoisotopic (exact) mass is 861 g/mol. The number of amides is 2. The zero-order chi connectivity index (χ0) is 42.7. The Morgan fingerprint density at radius 2 is 0.867 bits per heavy atom. The molecule has 0 fully saturated rings. The molecule has 0 aromatic heterocycles. The average Bonchev–Trinajstić information content (AvgIpc) is 3.19. The fourth-order valence-corrected chi connectivity index (χ4v) is 5.70. The van der Waals surface area contributed by atoms with Crippen molar-refractivity contribution in [1.82, 2.24) is 9.80 Å². The van der Waals surface area contributed by atoms with Gasteiger partial charge in [-0.25, -0.2) is 4.79 Å². The number of esters is 2. The molecule has 0 heterocycles. The van der Waals surface area contributed by atoms with Gasteiger partial charge in [0.05, 0.1) is 19.1 Å². The van der Waals surface area contributed by atoms with E-state index in [1.165, 1.54) is 133 Å². The number of unbranched alkanes of at least 4 members (excludes halogenated alkanes) is 18. The van der Waals surface area contributed by atoms with Crippen LogP contribution in [0.1, 0.15) is 199 Å². The van der Waals surface area contributed by atoms with Crippen LogP contribution < -0.4 is 0 Å². The van der Waals surface area contributed by atoms with Crippen LogP contribution in [0.25, 0.3) is 0 Å². The number of carbonyl (C=O) groups is 4. The lowest BCUT2D eigenvalue weighted by atomic mass is 9.92. The van der Waals surface area contributed by atoms with Crippen molar-refractivity contribution in [3.8, 4) is 0 Å². The molecule has 0 bridgehead atoms. The van der Waals surface area contributed by atoms with Crippen molar-refractivity contribution < 1.29 is 38.1 Å². The van der Waals surface area contributed by atoms with Gasteiger partial charge in [0.2, 0.25) is 11.8 Å². The number of rotatable bonds is 35. The summed E-state index contributed by atoms with van der Waals surface area (Å²) in [5.74, 6) is -0.997. The standard InChI is InChI=1S/C24H47NO4.C17H32O3.C5H9NO.4CH4/c1-6-8-9-10-11-12-13-14-15-16-17-28-18-19-29-24(27)21(3)20-22(7-2)23(26)25(4)5;1-3-5-6-7-8-9-10-11-12-13-14-19-15-16-20-17(18)4-2;1-4-5(7)6(2)3;;;;/h21-22H,6-20H2,1-5H3;4H,2-3,5-16H2,1H3;4H,1H2,2-3H3;4*1H4. The van der Waals surface area contributed by atoms with Crippen molar-refractivity contribution in [1.29, 1.82) is 0 Å². The van der Waals surface area contributed by atoms with Gasteiger partial charge in [-0.1, -0.05) is 186 Å². The van der Waals surface area contributed by atoms with Crippen LogP contribution in [-0.2, 0) is 38.1 Å². The highest BCUT2D eigenvalue weighted by atomic mass is 16.6. The van der Waals surface area contributed by atoms with E-state index in [-0.39, 0.29) is 65.3 Å². The minimum atomic E-state index is -0.382. The molecule has 362 valence electrons. The molecule has 10 nitrogen and oxygen atoms in total. The summed E-state index contributed by atoms with van der Waals surface area (Å²) in [6.45, 7) is 18.0. The lowest BCUT2D eigenvalue weighted by Gasteiger charge is -2.21. The molecule has 2 amide bonds. The van der Waals surface area contributed by atoms with Gasteiger partial charge in [0.15, 0.2) is 0 Å². The quantitative estimate of drug-likeness (QED) is 0.0352. The number of nitrogens with zero attached hydrogens (tertiary/aromatic N) is 2. The zero-order valence-electron chi connectivity index (χ0n) is 37.7. The van der Waals surface area contributed by atoms with E-state index in [2.05, 4.69) is 27.0 Å². The first-order valence-corrected chi connectivity index (χ1v) is 22.1. The van der Waals surface area contributed by atoms with E-state index in [0.29, 0.717) is 32.8 Å². The first-order chi connectivity index (χ1) is 26.9. The Morgan fingerprint density at radius 3 is 1.17 bits per heavy atom. The smallest absolute Gasteiger partial charge is 0.330 e. The third-order valence-electron chi connectivity index (χ3n) is 9.33. The summed E-state index contributed by atoms with van der Waals surface area (Å²) in [5.41, 5.74) is 0. The summed E-state index contributed by atoms with van der Waals surface area (Å²) in [6, 6.07) is 0. The minimum Gasteiger partial charge on any atom is -0.463 e. The summed E-state index contributed by atoms with van der Waals surface area (Å²) in [6.07, 6.45) is 30.1. The van der Waals surface area contributed by atoms with Crippen LogP contribution in [0.5, 0.6) is 0 Å². The number of carbonyl (C=O) groups excluding carboxylic acids is 4. The molecule has 10 heteroatoms. The van der Waals surface area contributed by atoms with Crippen LogP contribution in [0.3, 0.4) is 0 Å². The molecule has 0 rings (SSSR count). The third-order valence-corrected chi connectivity index (χ3v) is 9.33. The molecule has 0 radical (unpaired) electrons. The van der Waals surface area contributed by atoms with E-state index in [4.69, 9.17) is 18.9 Å². The lowest BCUT2D eigenvalue weighted by Crippen LogP contribution is -2.32. The second kappa shape index (κ2) is 56.3. The normalized spacial score (nSPS) is 10.7. The largest absolute Gasteiger partial charge is 0.463 e. The van der Waals surface area contributed by atoms with Gasteiger partial charge in [0, 0.05) is 53.4 Å². The lowest BCUT2D eigenvalue weighted by molar-refractivity contribution is -0.150. The minimum absolute atomic E-state index is 0. The van der Waals surface area contributed by atoms with Crippen molar-refractivity contribution in [2.75, 3.05) is 67.8 Å². The highest BCUT2D eigenvalue weighted by molar-refractivity contribution is 5.86. The van der Waals surface area contributed by atoms with Crippen molar-refractivity contribution in [2.45, 2.75) is 199 Å². The highest BCUT2D eigenvalue weighted by Crippen LogP contribution is 2.19. The van der Waals surface area contributed by atoms with E-state index in [1.807, 2.05) is 13.8 Å². The van der Waals surface area contributed by atoms with Gasteiger partial charge in [-0.05, 0) is 31.8 Å². The molecule has 0 aliphatic rings. The first kappa shape index (κ1) is 71.8. The Morgan fingerprint density at radius 1 is 0.500 bits per heavy atom. The molecule has 0 aromatic rings. The van der Waals surface area contributed by atoms with Gasteiger partial charge in [0.1, 0.15) is 13.2 Å². The van der Waals surface area contributed by atoms with Crippen LogP contribution in [0.15, 0.2) is 25.3 Å². The van der Waals surface area contributed by atoms with Gasteiger partial charge < -0.3 is 28.7 Å². The molecule has 2 atom stereocenters.